The lowest BCUT2D eigenvalue weighted by Gasteiger charge is -2.29. The first-order chi connectivity index (χ1) is 21.0. The van der Waals surface area contributed by atoms with Gasteiger partial charge in [0, 0.05) is 81.5 Å². The Balaban J connectivity index is 1.38. The quantitative estimate of drug-likeness (QED) is 0.324. The molecule has 230 valence electrons. The fraction of sp³-hybridized carbons (Fsp3) is 0.471. The molecule has 0 saturated carbocycles. The van der Waals surface area contributed by atoms with Crippen LogP contribution in [0.2, 0.25) is 0 Å². The first kappa shape index (κ1) is 29.9. The van der Waals surface area contributed by atoms with Crippen LogP contribution < -0.4 is 0 Å². The number of nitrogens with zero attached hydrogens (tertiary/aromatic N) is 3. The van der Waals surface area contributed by atoms with Crippen molar-refractivity contribution in [3.8, 4) is 17.2 Å². The van der Waals surface area contributed by atoms with Gasteiger partial charge >= 0.3 is 0 Å². The molecule has 0 amide bonds. The highest BCUT2D eigenvalue weighted by Crippen LogP contribution is 2.38. The molecule has 3 N–H and O–H groups in total. The predicted octanol–water partition coefficient (Wildman–Crippen LogP) is 3.48. The Bertz CT molecular complexity index is 1200. The Morgan fingerprint density at radius 3 is 1.02 bits per heavy atom. The van der Waals surface area contributed by atoms with E-state index in [2.05, 4.69) is 32.9 Å². The SMILES string of the molecule is Oc1ccc(C(c2ccc(O)c(CN3CCOCC3)c2)c2ccc(O)c(CN3CCOCC3)c2)cc1CN1CCOCC1. The van der Waals surface area contributed by atoms with Crippen LogP contribution in [-0.4, -0.2) is 109 Å². The summed E-state index contributed by atoms with van der Waals surface area (Å²) in [5, 5.41) is 32.6. The predicted molar refractivity (Wildman–Crippen MR) is 164 cm³/mol. The van der Waals surface area contributed by atoms with Crippen molar-refractivity contribution in [2.24, 2.45) is 0 Å². The van der Waals surface area contributed by atoms with E-state index in [0.29, 0.717) is 59.3 Å². The third-order valence-corrected chi connectivity index (χ3v) is 8.80. The first-order valence-electron chi connectivity index (χ1n) is 15.4. The maximum atomic E-state index is 10.9. The number of aromatic hydroxyl groups is 3. The molecule has 43 heavy (non-hydrogen) atoms. The molecular weight excluding hydrogens is 546 g/mol. The van der Waals surface area contributed by atoms with Gasteiger partial charge in [0.25, 0.3) is 0 Å². The summed E-state index contributed by atoms with van der Waals surface area (Å²) in [6.45, 7) is 11.1. The summed E-state index contributed by atoms with van der Waals surface area (Å²) in [6, 6.07) is 17.7. The Labute approximate surface area is 253 Å². The van der Waals surface area contributed by atoms with E-state index >= 15 is 0 Å². The Morgan fingerprint density at radius 1 is 0.465 bits per heavy atom. The summed E-state index contributed by atoms with van der Waals surface area (Å²) in [4.78, 5) is 6.91. The van der Waals surface area contributed by atoms with Gasteiger partial charge in [-0.25, -0.2) is 0 Å². The van der Waals surface area contributed by atoms with E-state index in [1.54, 1.807) is 18.2 Å². The molecule has 3 saturated heterocycles. The molecule has 3 fully saturated rings. The van der Waals surface area contributed by atoms with E-state index in [4.69, 9.17) is 14.2 Å². The van der Waals surface area contributed by atoms with Gasteiger partial charge in [-0.15, -0.1) is 0 Å². The normalized spacial score (nSPS) is 19.2. The summed E-state index contributed by atoms with van der Waals surface area (Å²) in [6.07, 6.45) is 0. The molecule has 3 aromatic rings. The highest BCUT2D eigenvalue weighted by molar-refractivity contribution is 5.51. The molecule has 3 aliphatic rings. The zero-order chi connectivity index (χ0) is 29.6. The molecule has 3 heterocycles. The molecule has 0 bridgehead atoms. The van der Waals surface area contributed by atoms with Crippen molar-refractivity contribution in [2.45, 2.75) is 25.6 Å². The minimum absolute atomic E-state index is 0.169. The standard InChI is InChI=1S/C34H43N3O6/c38-31-4-1-25(19-28(31)22-35-7-13-41-14-8-35)34(26-2-5-32(39)29(20-26)23-36-9-15-42-16-10-36)27-3-6-33(40)30(21-27)24-37-11-17-43-18-12-37/h1-6,19-21,34,38-40H,7-18,22-24H2. The van der Waals surface area contributed by atoms with Crippen molar-refractivity contribution >= 4 is 0 Å². The zero-order valence-corrected chi connectivity index (χ0v) is 24.8. The van der Waals surface area contributed by atoms with Crippen LogP contribution in [-0.2, 0) is 33.8 Å². The Morgan fingerprint density at radius 2 is 0.744 bits per heavy atom. The van der Waals surface area contributed by atoms with E-state index in [1.165, 1.54) is 0 Å². The molecule has 9 heteroatoms. The van der Waals surface area contributed by atoms with Crippen LogP contribution >= 0.6 is 0 Å². The monoisotopic (exact) mass is 589 g/mol. The third kappa shape index (κ3) is 7.49. The van der Waals surface area contributed by atoms with Crippen LogP contribution in [0, 0.1) is 0 Å². The van der Waals surface area contributed by atoms with Crippen molar-refractivity contribution in [2.75, 3.05) is 78.9 Å². The highest BCUT2D eigenvalue weighted by Gasteiger charge is 2.23. The van der Waals surface area contributed by atoms with Gasteiger partial charge in [0.1, 0.15) is 17.2 Å². The minimum atomic E-state index is -0.169. The molecular formula is C34H43N3O6. The number of hydrogen-bond acceptors (Lipinski definition) is 9. The molecule has 0 aromatic heterocycles. The molecule has 0 atom stereocenters. The lowest BCUT2D eigenvalue weighted by Crippen LogP contribution is -2.35. The Kier molecular flexibility index (Phi) is 9.77. The maximum absolute atomic E-state index is 10.9. The Hall–Kier alpha value is -3.18. The summed E-state index contributed by atoms with van der Waals surface area (Å²) >= 11 is 0. The van der Waals surface area contributed by atoms with Gasteiger partial charge in [-0.2, -0.15) is 0 Å². The van der Waals surface area contributed by atoms with Crippen LogP contribution in [0.25, 0.3) is 0 Å². The molecule has 0 unspecified atom stereocenters. The van der Waals surface area contributed by atoms with Crippen molar-refractivity contribution in [1.82, 2.24) is 14.7 Å². The van der Waals surface area contributed by atoms with Crippen LogP contribution in [0.1, 0.15) is 39.3 Å². The topological polar surface area (TPSA) is 98.1 Å². The van der Waals surface area contributed by atoms with E-state index < -0.39 is 0 Å². The van der Waals surface area contributed by atoms with Gasteiger partial charge in [-0.1, -0.05) is 18.2 Å². The summed E-state index contributed by atoms with van der Waals surface area (Å²) in [7, 11) is 0. The molecule has 0 aliphatic carbocycles. The van der Waals surface area contributed by atoms with Gasteiger partial charge < -0.3 is 29.5 Å². The van der Waals surface area contributed by atoms with Gasteiger partial charge in [0.2, 0.25) is 0 Å². The second-order valence-corrected chi connectivity index (χ2v) is 11.8. The zero-order valence-electron chi connectivity index (χ0n) is 24.8. The number of phenols is 3. The second kappa shape index (κ2) is 14.1. The number of hydrogen-bond donors (Lipinski definition) is 3. The lowest BCUT2D eigenvalue weighted by molar-refractivity contribution is 0.0338. The maximum Gasteiger partial charge on any atom is 0.120 e. The van der Waals surface area contributed by atoms with Crippen molar-refractivity contribution in [3.63, 3.8) is 0 Å². The number of benzene rings is 3. The van der Waals surface area contributed by atoms with Gasteiger partial charge in [-0.05, 0) is 53.1 Å². The van der Waals surface area contributed by atoms with Gasteiger partial charge in [0.15, 0.2) is 0 Å². The van der Waals surface area contributed by atoms with Crippen molar-refractivity contribution in [3.05, 3.63) is 88.0 Å². The highest BCUT2D eigenvalue weighted by atomic mass is 16.5. The largest absolute Gasteiger partial charge is 0.508 e. The van der Waals surface area contributed by atoms with Crippen molar-refractivity contribution in [1.29, 1.82) is 0 Å². The molecule has 9 nitrogen and oxygen atoms in total. The average Bonchev–Trinajstić information content (AvgIpc) is 3.03. The van der Waals surface area contributed by atoms with Crippen LogP contribution in [0.4, 0.5) is 0 Å². The van der Waals surface area contributed by atoms with Gasteiger partial charge in [-0.3, -0.25) is 14.7 Å². The fourth-order valence-corrected chi connectivity index (χ4v) is 6.31. The van der Waals surface area contributed by atoms with Crippen molar-refractivity contribution < 1.29 is 29.5 Å². The molecule has 3 aliphatic heterocycles. The van der Waals surface area contributed by atoms with E-state index in [1.807, 2.05) is 18.2 Å². The number of morpholine rings is 3. The summed E-state index contributed by atoms with van der Waals surface area (Å²) in [5.74, 6) is 0.682. The first-order valence-corrected chi connectivity index (χ1v) is 15.4. The number of phenolic OH excluding ortho intramolecular Hbond substituents is 3. The van der Waals surface area contributed by atoms with Crippen LogP contribution in [0.5, 0.6) is 17.2 Å². The third-order valence-electron chi connectivity index (χ3n) is 8.80. The molecule has 3 aromatic carbocycles. The van der Waals surface area contributed by atoms with E-state index in [9.17, 15) is 15.3 Å². The smallest absolute Gasteiger partial charge is 0.120 e. The lowest BCUT2D eigenvalue weighted by atomic mass is 9.83. The van der Waals surface area contributed by atoms with E-state index in [0.717, 1.165) is 72.6 Å². The van der Waals surface area contributed by atoms with Gasteiger partial charge in [0.05, 0.1) is 39.6 Å². The number of ether oxygens (including phenoxy) is 3. The fourth-order valence-electron chi connectivity index (χ4n) is 6.31. The molecule has 0 spiro atoms. The molecule has 6 rings (SSSR count). The number of rotatable bonds is 9. The summed E-state index contributed by atoms with van der Waals surface area (Å²) in [5.41, 5.74) is 5.78. The average molecular weight is 590 g/mol. The second-order valence-electron chi connectivity index (χ2n) is 11.8. The minimum Gasteiger partial charge on any atom is -0.508 e. The van der Waals surface area contributed by atoms with Crippen LogP contribution in [0.15, 0.2) is 54.6 Å². The van der Waals surface area contributed by atoms with E-state index in [-0.39, 0.29) is 23.2 Å². The summed E-state index contributed by atoms with van der Waals surface area (Å²) < 4.78 is 16.6. The van der Waals surface area contributed by atoms with Crippen LogP contribution in [0.3, 0.4) is 0 Å². The molecule has 0 radical (unpaired) electrons.